The Kier molecular flexibility index (Phi) is 42.5. The zero-order valence-electron chi connectivity index (χ0n) is 81.3. The number of aliphatic carboxylic acids is 1. The lowest BCUT2D eigenvalue weighted by atomic mass is 9.80. The number of aryl methyl sites for hydroxylation is 2. The number of aromatic nitrogens is 15. The lowest BCUT2D eigenvalue weighted by molar-refractivity contribution is -0.143. The molecule has 0 aliphatic carbocycles. The standard InChI is InChI=1S/C27H30N6O2.C21H26BN3O3.C20H23N5O.C12H16ClN3O.C7H12ClNO.C7H13NO2.C4H4ClN3.Cl2OS.ClH/c1-18-24-12-21(14-29-27(24)33(31-18)17-19-4-6-23(35-3)7-5-19)25-16-28-15-22(30-25)13-26(34)20-8-10-32(2)11-9-20;1-14-18-11-16(22-27-20(2,3)21(4,5)28-22)12-23-19(18)25(24-14)13-15-7-9-17(26-6)10-8-15;1-13-17-7-15(9-23-19(17)12-22-13)18-11-21-10-16(24-18)8-20(26)14-3-5-25(2)6-4-14;1-16-4-2-9(3-5-16)11(17)6-10-7-14-8-12(13)15-10;1-9-4-2-6(3-5-9)7(8)10;1-8-4-2-6(3-5-8)7(9)10;5-3-1-7-2-4(6)8-3;1-4(2)3;/h4-7,12,14-16,20H,8-11,13,17H2,1-3H3;7-12H,13H2,1-6H3;7,9-11,14H,3-6,8,12H2,1-2H3;7-9H,2-6H2,1H3;6H,2-5H2,1H3;6H,2-5H2,1H3,(H,9,10);1-2H,(H2,6,8);;1H. The summed E-state index contributed by atoms with van der Waals surface area (Å²) in [7, 11) is 20.6. The number of benzene rings is 2. The number of nitrogens with two attached hydrogens (primary N) is 1. The van der Waals surface area contributed by atoms with E-state index in [2.05, 4.69) is 170 Å². The van der Waals surface area contributed by atoms with Gasteiger partial charge in [0.1, 0.15) is 45.0 Å². The van der Waals surface area contributed by atoms with Crippen LogP contribution < -0.4 is 20.7 Å². The van der Waals surface area contributed by atoms with E-state index in [9.17, 15) is 24.0 Å². The van der Waals surface area contributed by atoms with Gasteiger partial charge in [-0.2, -0.15) is 10.2 Å². The number of carboxylic acids is 1. The third-order valence-electron chi connectivity index (χ3n) is 25.8. The number of ketones is 3. The smallest absolute Gasteiger partial charge is 0.496 e. The molecule has 0 bridgehead atoms. The average Bonchev–Trinajstić information content (AvgIpc) is 1.58. The number of hydrogen-bond acceptors (Lipinski definition) is 30. The van der Waals surface area contributed by atoms with Crippen molar-refractivity contribution in [2.45, 2.75) is 163 Å². The fourth-order valence-corrected chi connectivity index (χ4v) is 17.1. The monoisotopic (exact) mass is 2040 g/mol. The number of pyridine rings is 3. The molecule has 6 fully saturated rings. The number of ether oxygens (including phenoxy) is 2. The Labute approximate surface area is 845 Å². The molecule has 2 aromatic carbocycles. The summed E-state index contributed by atoms with van der Waals surface area (Å²) in [6, 6.07) is 22.2. The third kappa shape index (κ3) is 33.3. The maximum absolute atomic E-state index is 12.8. The Morgan fingerprint density at radius 2 is 0.849 bits per heavy atom. The van der Waals surface area contributed by atoms with Crippen LogP contribution in [0.1, 0.15) is 150 Å². The molecule has 744 valence electrons. The molecule has 16 heterocycles. The molecule has 3 N–H and O–H groups in total. The molecule has 0 saturated carbocycles. The van der Waals surface area contributed by atoms with Crippen LogP contribution in [-0.4, -0.2) is 276 Å². The summed E-state index contributed by atoms with van der Waals surface area (Å²) >= 11 is 16.5. The number of carbonyl (C=O) groups excluding carboxylic acids is 4. The normalized spacial score (nSPS) is 17.0. The zero-order chi connectivity index (χ0) is 99.5. The molecule has 7 aliphatic heterocycles. The predicted octanol–water partition coefficient (Wildman–Crippen LogP) is 14.4. The molecule has 33 nitrogen and oxygen atoms in total. The molecule has 6 saturated heterocycles. The molecule has 11 aromatic rings. The number of fused-ring (bicyclic) bond motifs is 3. The van der Waals surface area contributed by atoms with Crippen molar-refractivity contribution < 1.29 is 52.1 Å². The zero-order valence-corrected chi connectivity index (χ0v) is 86.7. The molecule has 0 amide bonds. The molecular formula is C98H125BCl6N22O11S. The van der Waals surface area contributed by atoms with Gasteiger partial charge in [-0.25, -0.2) is 43.5 Å². The van der Waals surface area contributed by atoms with Crippen molar-refractivity contribution in [3.8, 4) is 34.0 Å². The maximum Gasteiger partial charge on any atom is 0.496 e. The number of aliphatic imine (C=N–C) groups is 1. The minimum absolute atomic E-state index is 0. The van der Waals surface area contributed by atoms with Crippen molar-refractivity contribution in [1.29, 1.82) is 0 Å². The molecule has 0 atom stereocenters. The Morgan fingerprint density at radius 1 is 0.489 bits per heavy atom. The van der Waals surface area contributed by atoms with E-state index in [-0.39, 0.29) is 75.8 Å². The minimum Gasteiger partial charge on any atom is -0.497 e. The Morgan fingerprint density at radius 3 is 1.23 bits per heavy atom. The van der Waals surface area contributed by atoms with Gasteiger partial charge >= 0.3 is 13.1 Å². The van der Waals surface area contributed by atoms with Crippen LogP contribution >= 0.6 is 68.6 Å². The molecule has 0 unspecified atom stereocenters. The van der Waals surface area contributed by atoms with Crippen LogP contribution in [0.4, 0.5) is 5.82 Å². The van der Waals surface area contributed by atoms with E-state index in [1.807, 2.05) is 98.1 Å². The van der Waals surface area contributed by atoms with Crippen molar-refractivity contribution in [1.82, 2.24) is 98.9 Å². The van der Waals surface area contributed by atoms with Gasteiger partial charge in [-0.3, -0.25) is 53.9 Å². The van der Waals surface area contributed by atoms with Crippen LogP contribution in [0.2, 0.25) is 10.3 Å². The summed E-state index contributed by atoms with van der Waals surface area (Å²) in [6.45, 7) is 25.9. The first-order valence-corrected chi connectivity index (χ1v) is 50.1. The number of halogens is 6. The summed E-state index contributed by atoms with van der Waals surface area (Å²) in [5.41, 5.74) is 19.6. The van der Waals surface area contributed by atoms with Gasteiger partial charge in [0.25, 0.3) is 0 Å². The number of methoxy groups -OCH3 is 2. The quantitative estimate of drug-likeness (QED) is 0.0528. The van der Waals surface area contributed by atoms with Crippen LogP contribution in [0.25, 0.3) is 44.6 Å². The summed E-state index contributed by atoms with van der Waals surface area (Å²) in [5.74, 6) is 2.66. The first kappa shape index (κ1) is 111. The molecule has 0 radical (unpaired) electrons. The van der Waals surface area contributed by atoms with Crippen LogP contribution in [0, 0.1) is 43.4 Å². The highest BCUT2D eigenvalue weighted by Gasteiger charge is 2.52. The lowest BCUT2D eigenvalue weighted by Crippen LogP contribution is -2.41. The van der Waals surface area contributed by atoms with Crippen LogP contribution in [0.15, 0.2) is 140 Å². The molecule has 41 heteroatoms. The van der Waals surface area contributed by atoms with Crippen molar-refractivity contribution in [2.75, 3.05) is 121 Å². The number of likely N-dealkylation sites (tertiary alicyclic amines) is 5. The van der Waals surface area contributed by atoms with Crippen molar-refractivity contribution >= 4 is 153 Å². The number of carboxylic acid groups (broad SMARTS) is 1. The van der Waals surface area contributed by atoms with E-state index in [0.29, 0.717) is 66.4 Å². The van der Waals surface area contributed by atoms with E-state index >= 15 is 0 Å². The number of anilines is 1. The van der Waals surface area contributed by atoms with Crippen LogP contribution in [0.3, 0.4) is 0 Å². The molecular weight excluding hydrogens is 1920 g/mol. The van der Waals surface area contributed by atoms with Gasteiger partial charge in [-0.05, 0) is 279 Å². The van der Waals surface area contributed by atoms with E-state index in [1.54, 1.807) is 51.4 Å². The van der Waals surface area contributed by atoms with Crippen molar-refractivity contribution in [2.24, 2.45) is 34.6 Å². The second-order valence-electron chi connectivity index (χ2n) is 36.7. The van der Waals surface area contributed by atoms with E-state index in [0.717, 1.165) is 236 Å². The SMILES string of the molecule is CC1=NCc2ncc(-c3cncc(CC(=O)C4CCN(C)CC4)n3)cc21.CN1CCC(C(=O)Cc2cncc(Cl)n2)CC1.CN1CCC(C(=O)Cl)CC1.CN1CCC(C(=O)O)CC1.COc1ccc(Cn2nc(C)c3cc(-c4cncc(CC(=O)C5CCN(C)CC5)n4)cnc32)cc1.COc1ccc(Cn2nc(C)c3cc(B4OC(C)(C)C(C)(C)O4)cnc32)cc1.Cl.Nc1cncc(Cl)n1.O=S(Cl)Cl. The van der Waals surface area contributed by atoms with Crippen LogP contribution in [-0.2, 0) is 81.4 Å². The number of nitrogen functional groups attached to an aromatic ring is 1. The number of rotatable bonds is 20. The largest absolute Gasteiger partial charge is 0.497 e. The number of carbonyl (C=O) groups is 5. The van der Waals surface area contributed by atoms with Gasteiger partial charge in [0.2, 0.25) is 14.5 Å². The second kappa shape index (κ2) is 53.2. The van der Waals surface area contributed by atoms with Gasteiger partial charge in [0.05, 0.1) is 147 Å². The molecule has 0 spiro atoms. The predicted molar refractivity (Wildman–Crippen MR) is 548 cm³/mol. The van der Waals surface area contributed by atoms with Gasteiger partial charge in [0, 0.05) is 121 Å². The lowest BCUT2D eigenvalue weighted by Gasteiger charge is -2.32. The molecule has 9 aromatic heterocycles. The fraction of sp³-hybridized carbons (Fsp3) is 0.480. The number of nitrogens with zero attached hydrogens (tertiary/aromatic N) is 21. The second-order valence-corrected chi connectivity index (χ2v) is 40.3. The third-order valence-corrected chi connectivity index (χ3v) is 26.5. The van der Waals surface area contributed by atoms with Crippen molar-refractivity contribution in [3.05, 3.63) is 196 Å². The summed E-state index contributed by atoms with van der Waals surface area (Å²) in [5, 5.41) is 20.5. The Bertz CT molecular complexity index is 5900. The van der Waals surface area contributed by atoms with E-state index < -0.39 is 22.3 Å². The topological polar surface area (TPSA) is 392 Å². The number of hydrogen-bond donors (Lipinski definition) is 2. The summed E-state index contributed by atoms with van der Waals surface area (Å²) in [4.78, 5) is 122. The van der Waals surface area contributed by atoms with Gasteiger partial charge in [-0.1, -0.05) is 47.5 Å². The van der Waals surface area contributed by atoms with E-state index in [1.165, 1.54) is 18.6 Å². The fourth-order valence-electron chi connectivity index (χ4n) is 16.6. The van der Waals surface area contributed by atoms with Gasteiger partial charge in [0.15, 0.2) is 11.3 Å². The van der Waals surface area contributed by atoms with Crippen molar-refractivity contribution in [3.63, 3.8) is 0 Å². The van der Waals surface area contributed by atoms with Gasteiger partial charge in [-0.15, -0.1) is 12.4 Å². The summed E-state index contributed by atoms with van der Waals surface area (Å²) in [6.07, 6.45) is 28.4. The Balaban J connectivity index is 0.000000174. The highest BCUT2D eigenvalue weighted by Crippen LogP contribution is 2.38. The minimum atomic E-state index is -1.67. The Hall–Kier alpha value is -9.96. The molecule has 18 rings (SSSR count). The summed E-state index contributed by atoms with van der Waals surface area (Å²) < 4.78 is 35.7. The molecule has 7 aliphatic rings. The maximum atomic E-state index is 12.8. The molecule has 139 heavy (non-hydrogen) atoms. The average molecular weight is 2040 g/mol. The highest BCUT2D eigenvalue weighted by atomic mass is 36.0. The van der Waals surface area contributed by atoms with E-state index in [4.69, 9.17) is 88.8 Å². The first-order valence-electron chi connectivity index (χ1n) is 46.1. The van der Waals surface area contributed by atoms with Gasteiger partial charge < -0.3 is 54.1 Å². The number of Topliss-reactive ketones (excluding diaryl/α,β-unsaturated/α-hetero) is 3. The van der Waals surface area contributed by atoms with Crippen LogP contribution in [0.5, 0.6) is 11.5 Å². The first-order chi connectivity index (χ1) is 65.9. The highest BCUT2D eigenvalue weighted by molar-refractivity contribution is 8.26. The number of piperidine rings is 5.